The van der Waals surface area contributed by atoms with E-state index in [4.69, 9.17) is 5.73 Å². The molecule has 1 saturated carbocycles. The minimum atomic E-state index is 0.658. The molecule has 1 fully saturated rings. The number of pyridine rings is 1. The molecule has 0 saturated heterocycles. The third-order valence-electron chi connectivity index (χ3n) is 3.91. The van der Waals surface area contributed by atoms with Crippen LogP contribution in [0.1, 0.15) is 32.4 Å². The molecule has 20 heavy (non-hydrogen) atoms. The molecular formula is C17H23N3. The summed E-state index contributed by atoms with van der Waals surface area (Å²) in [5.41, 5.74) is 9.29. The maximum atomic E-state index is 6.11. The second-order valence-electron chi connectivity index (χ2n) is 6.32. The number of rotatable bonds is 4. The number of aryl methyl sites for hydroxylation is 1. The Bertz CT molecular complexity index is 629. The van der Waals surface area contributed by atoms with Gasteiger partial charge >= 0.3 is 0 Å². The van der Waals surface area contributed by atoms with Crippen LogP contribution in [-0.2, 0) is 0 Å². The Balaban J connectivity index is 2.13. The molecule has 3 nitrogen and oxygen atoms in total. The van der Waals surface area contributed by atoms with Crippen LogP contribution in [0.15, 0.2) is 24.4 Å². The van der Waals surface area contributed by atoms with Gasteiger partial charge in [0, 0.05) is 46.6 Å². The van der Waals surface area contributed by atoms with E-state index in [0.29, 0.717) is 12.0 Å². The Labute approximate surface area is 120 Å². The van der Waals surface area contributed by atoms with Crippen LogP contribution < -0.4 is 10.6 Å². The fourth-order valence-corrected chi connectivity index (χ4v) is 2.82. The van der Waals surface area contributed by atoms with Crippen molar-refractivity contribution in [2.24, 2.45) is 5.92 Å². The number of aromatic nitrogens is 1. The third kappa shape index (κ3) is 2.45. The van der Waals surface area contributed by atoms with E-state index in [9.17, 15) is 0 Å². The Morgan fingerprint density at radius 2 is 2.05 bits per heavy atom. The first kappa shape index (κ1) is 13.2. The molecule has 1 aromatic heterocycles. The van der Waals surface area contributed by atoms with Gasteiger partial charge in [0.1, 0.15) is 0 Å². The van der Waals surface area contributed by atoms with E-state index in [1.54, 1.807) is 0 Å². The largest absolute Gasteiger partial charge is 0.398 e. The smallest absolute Gasteiger partial charge is 0.0451 e. The van der Waals surface area contributed by atoms with Crippen LogP contribution in [0.4, 0.5) is 11.4 Å². The summed E-state index contributed by atoms with van der Waals surface area (Å²) < 4.78 is 0. The van der Waals surface area contributed by atoms with Gasteiger partial charge in [0.25, 0.3) is 0 Å². The fraction of sp³-hybridized carbons (Fsp3) is 0.471. The molecule has 0 spiro atoms. The van der Waals surface area contributed by atoms with E-state index in [0.717, 1.165) is 23.3 Å². The van der Waals surface area contributed by atoms with Gasteiger partial charge in [-0.25, -0.2) is 0 Å². The Morgan fingerprint density at radius 3 is 2.70 bits per heavy atom. The molecular weight excluding hydrogens is 246 g/mol. The summed E-state index contributed by atoms with van der Waals surface area (Å²) in [6.07, 6.45) is 4.52. The normalized spacial score (nSPS) is 15.0. The summed E-state index contributed by atoms with van der Waals surface area (Å²) in [5, 5.41) is 2.31. The van der Waals surface area contributed by atoms with Crippen molar-refractivity contribution in [2.45, 2.75) is 39.7 Å². The monoisotopic (exact) mass is 269 g/mol. The molecule has 1 heterocycles. The summed E-state index contributed by atoms with van der Waals surface area (Å²) in [7, 11) is 0. The first-order valence-electron chi connectivity index (χ1n) is 7.47. The van der Waals surface area contributed by atoms with E-state index in [1.807, 2.05) is 19.2 Å². The lowest BCUT2D eigenvalue weighted by atomic mass is 10.1. The number of nitrogens with zero attached hydrogens (tertiary/aromatic N) is 2. The predicted octanol–water partition coefficient (Wildman–Crippen LogP) is 3.75. The Kier molecular flexibility index (Phi) is 3.28. The average Bonchev–Trinajstić information content (AvgIpc) is 3.21. The average molecular weight is 269 g/mol. The summed E-state index contributed by atoms with van der Waals surface area (Å²) in [4.78, 5) is 6.95. The maximum absolute atomic E-state index is 6.11. The summed E-state index contributed by atoms with van der Waals surface area (Å²) in [6.45, 7) is 7.70. The van der Waals surface area contributed by atoms with Crippen LogP contribution in [0.3, 0.4) is 0 Å². The van der Waals surface area contributed by atoms with E-state index >= 15 is 0 Å². The zero-order valence-corrected chi connectivity index (χ0v) is 12.6. The number of fused-ring (bicyclic) bond motifs is 1. The van der Waals surface area contributed by atoms with Gasteiger partial charge in [-0.1, -0.05) is 13.8 Å². The highest BCUT2D eigenvalue weighted by Crippen LogP contribution is 2.38. The molecule has 0 bridgehead atoms. The van der Waals surface area contributed by atoms with Crippen molar-refractivity contribution < 1.29 is 0 Å². The topological polar surface area (TPSA) is 42.1 Å². The minimum absolute atomic E-state index is 0.658. The van der Waals surface area contributed by atoms with Crippen molar-refractivity contribution in [3.63, 3.8) is 0 Å². The molecule has 3 heteroatoms. The molecule has 0 unspecified atom stereocenters. The number of hydrogen-bond donors (Lipinski definition) is 1. The first-order chi connectivity index (χ1) is 9.56. The van der Waals surface area contributed by atoms with Crippen molar-refractivity contribution in [2.75, 3.05) is 17.2 Å². The van der Waals surface area contributed by atoms with E-state index in [2.05, 4.69) is 35.9 Å². The third-order valence-corrected chi connectivity index (χ3v) is 3.91. The maximum Gasteiger partial charge on any atom is 0.0451 e. The number of nitrogen functional groups attached to an aromatic ring is 1. The van der Waals surface area contributed by atoms with Crippen LogP contribution >= 0.6 is 0 Å². The van der Waals surface area contributed by atoms with Gasteiger partial charge in [-0.2, -0.15) is 0 Å². The second kappa shape index (κ2) is 4.97. The van der Waals surface area contributed by atoms with Crippen molar-refractivity contribution in [3.8, 4) is 0 Å². The van der Waals surface area contributed by atoms with Gasteiger partial charge < -0.3 is 10.6 Å². The summed E-state index contributed by atoms with van der Waals surface area (Å²) in [6, 6.07) is 7.07. The van der Waals surface area contributed by atoms with Crippen molar-refractivity contribution in [1.29, 1.82) is 0 Å². The lowest BCUT2D eigenvalue weighted by Gasteiger charge is -2.28. The molecule has 0 aliphatic heterocycles. The quantitative estimate of drug-likeness (QED) is 0.859. The van der Waals surface area contributed by atoms with E-state index in [1.165, 1.54) is 23.9 Å². The van der Waals surface area contributed by atoms with Gasteiger partial charge in [-0.05, 0) is 43.9 Å². The molecule has 1 aromatic carbocycles. The SMILES string of the molecule is Cc1cc2c(N(CC(C)C)C3CC3)ccc(N)c2cn1. The second-order valence-corrected chi connectivity index (χ2v) is 6.32. The Hall–Kier alpha value is -1.77. The molecule has 106 valence electrons. The minimum Gasteiger partial charge on any atom is -0.398 e. The van der Waals surface area contributed by atoms with Crippen molar-refractivity contribution >= 4 is 22.1 Å². The van der Waals surface area contributed by atoms with Crippen LogP contribution in [0.2, 0.25) is 0 Å². The summed E-state index contributed by atoms with van der Waals surface area (Å²) >= 11 is 0. The van der Waals surface area contributed by atoms with Gasteiger partial charge in [-0.3, -0.25) is 4.98 Å². The highest BCUT2D eigenvalue weighted by Gasteiger charge is 2.30. The van der Waals surface area contributed by atoms with Gasteiger partial charge in [0.2, 0.25) is 0 Å². The molecule has 1 aliphatic carbocycles. The highest BCUT2D eigenvalue weighted by molar-refractivity contribution is 6.01. The van der Waals surface area contributed by atoms with Gasteiger partial charge in [0.15, 0.2) is 0 Å². The fourth-order valence-electron chi connectivity index (χ4n) is 2.82. The van der Waals surface area contributed by atoms with Crippen LogP contribution in [-0.4, -0.2) is 17.6 Å². The molecule has 0 radical (unpaired) electrons. The lowest BCUT2D eigenvalue weighted by Crippen LogP contribution is -2.30. The predicted molar refractivity (Wildman–Crippen MR) is 86.1 cm³/mol. The number of benzene rings is 1. The molecule has 0 atom stereocenters. The van der Waals surface area contributed by atoms with Crippen LogP contribution in [0.5, 0.6) is 0 Å². The first-order valence-corrected chi connectivity index (χ1v) is 7.47. The van der Waals surface area contributed by atoms with Crippen LogP contribution in [0, 0.1) is 12.8 Å². The van der Waals surface area contributed by atoms with Gasteiger partial charge in [0.05, 0.1) is 0 Å². The summed E-state index contributed by atoms with van der Waals surface area (Å²) in [5.74, 6) is 0.658. The van der Waals surface area contributed by atoms with Gasteiger partial charge in [-0.15, -0.1) is 0 Å². The zero-order chi connectivity index (χ0) is 14.3. The number of anilines is 2. The number of hydrogen-bond acceptors (Lipinski definition) is 3. The molecule has 0 amide bonds. The van der Waals surface area contributed by atoms with Crippen LogP contribution in [0.25, 0.3) is 10.8 Å². The molecule has 1 aliphatic rings. The van der Waals surface area contributed by atoms with Crippen molar-refractivity contribution in [3.05, 3.63) is 30.1 Å². The number of nitrogens with two attached hydrogens (primary N) is 1. The standard InChI is InChI=1S/C17H23N3/c1-11(2)10-20(13-4-5-13)17-7-6-16(18)15-9-19-12(3)8-14(15)17/h6-9,11,13H,4-5,10,18H2,1-3H3. The zero-order valence-electron chi connectivity index (χ0n) is 12.6. The highest BCUT2D eigenvalue weighted by atomic mass is 15.2. The molecule has 2 N–H and O–H groups in total. The molecule has 2 aromatic rings. The van der Waals surface area contributed by atoms with E-state index in [-0.39, 0.29) is 0 Å². The Morgan fingerprint density at radius 1 is 1.30 bits per heavy atom. The van der Waals surface area contributed by atoms with Crippen molar-refractivity contribution in [1.82, 2.24) is 4.98 Å². The molecule has 3 rings (SSSR count). The van der Waals surface area contributed by atoms with E-state index < -0.39 is 0 Å². The lowest BCUT2D eigenvalue weighted by molar-refractivity contribution is 0.608.